The number of unbranched alkanes of at least 4 members (excludes halogenated alkanes) is 1. The highest BCUT2D eigenvalue weighted by atomic mass is 16.5. The SMILES string of the molecule is CCCCc1ccc(OCC2(N)CC2)cc1. The van der Waals surface area contributed by atoms with E-state index in [2.05, 4.69) is 31.2 Å². The van der Waals surface area contributed by atoms with E-state index in [4.69, 9.17) is 10.5 Å². The first kappa shape index (κ1) is 11.5. The lowest BCUT2D eigenvalue weighted by Crippen LogP contribution is -2.29. The normalized spacial score (nSPS) is 17.1. The molecule has 2 heteroatoms. The molecule has 0 aliphatic heterocycles. The van der Waals surface area contributed by atoms with E-state index in [0.29, 0.717) is 6.61 Å². The molecule has 0 bridgehead atoms. The van der Waals surface area contributed by atoms with Crippen LogP contribution < -0.4 is 10.5 Å². The molecule has 2 rings (SSSR count). The van der Waals surface area contributed by atoms with E-state index < -0.39 is 0 Å². The van der Waals surface area contributed by atoms with Gasteiger partial charge in [-0.1, -0.05) is 25.5 Å². The molecule has 0 aromatic heterocycles. The van der Waals surface area contributed by atoms with Crippen LogP contribution in [0.1, 0.15) is 38.2 Å². The zero-order valence-corrected chi connectivity index (χ0v) is 10.0. The van der Waals surface area contributed by atoms with E-state index in [1.54, 1.807) is 0 Å². The fourth-order valence-electron chi connectivity index (χ4n) is 1.67. The summed E-state index contributed by atoms with van der Waals surface area (Å²) in [5, 5.41) is 0. The predicted octanol–water partition coefficient (Wildman–Crippen LogP) is 2.90. The minimum absolute atomic E-state index is 0.0269. The Labute approximate surface area is 97.8 Å². The van der Waals surface area contributed by atoms with Crippen LogP contribution in [-0.2, 0) is 6.42 Å². The van der Waals surface area contributed by atoms with Gasteiger partial charge in [0, 0.05) is 0 Å². The van der Waals surface area contributed by atoms with Crippen LogP contribution in [0, 0.1) is 0 Å². The van der Waals surface area contributed by atoms with E-state index in [9.17, 15) is 0 Å². The molecule has 2 N–H and O–H groups in total. The van der Waals surface area contributed by atoms with Gasteiger partial charge in [0.25, 0.3) is 0 Å². The van der Waals surface area contributed by atoms with E-state index in [1.165, 1.54) is 18.4 Å². The summed E-state index contributed by atoms with van der Waals surface area (Å²) in [5.41, 5.74) is 7.33. The molecular weight excluding hydrogens is 198 g/mol. The zero-order chi connectivity index (χ0) is 11.4. The zero-order valence-electron chi connectivity index (χ0n) is 10.0. The number of benzene rings is 1. The number of ether oxygens (including phenoxy) is 1. The van der Waals surface area contributed by atoms with Crippen molar-refractivity contribution < 1.29 is 4.74 Å². The monoisotopic (exact) mass is 219 g/mol. The molecule has 0 unspecified atom stereocenters. The van der Waals surface area contributed by atoms with Crippen molar-refractivity contribution in [3.63, 3.8) is 0 Å². The van der Waals surface area contributed by atoms with Gasteiger partial charge in [-0.05, 0) is 43.4 Å². The van der Waals surface area contributed by atoms with E-state index in [0.717, 1.165) is 25.0 Å². The van der Waals surface area contributed by atoms with Gasteiger partial charge in [0.15, 0.2) is 0 Å². The molecule has 1 fully saturated rings. The lowest BCUT2D eigenvalue weighted by Gasteiger charge is -2.11. The second-order valence-electron chi connectivity index (χ2n) is 4.90. The average molecular weight is 219 g/mol. The van der Waals surface area contributed by atoms with Crippen LogP contribution >= 0.6 is 0 Å². The van der Waals surface area contributed by atoms with Gasteiger partial charge in [0.1, 0.15) is 12.4 Å². The summed E-state index contributed by atoms with van der Waals surface area (Å²) in [6.45, 7) is 2.87. The molecule has 0 radical (unpaired) electrons. The third-order valence-corrected chi connectivity index (χ3v) is 3.16. The molecule has 1 aromatic rings. The first-order valence-electron chi connectivity index (χ1n) is 6.22. The first-order valence-corrected chi connectivity index (χ1v) is 6.22. The molecule has 88 valence electrons. The Bertz CT molecular complexity index is 327. The molecule has 0 atom stereocenters. The van der Waals surface area contributed by atoms with Crippen molar-refractivity contribution in [2.75, 3.05) is 6.61 Å². The molecule has 0 amide bonds. The van der Waals surface area contributed by atoms with Crippen molar-refractivity contribution >= 4 is 0 Å². The van der Waals surface area contributed by atoms with Crippen LogP contribution in [0.15, 0.2) is 24.3 Å². The molecule has 2 nitrogen and oxygen atoms in total. The summed E-state index contributed by atoms with van der Waals surface area (Å²) >= 11 is 0. The van der Waals surface area contributed by atoms with Crippen molar-refractivity contribution in [1.82, 2.24) is 0 Å². The van der Waals surface area contributed by atoms with Crippen molar-refractivity contribution in [2.45, 2.75) is 44.6 Å². The van der Waals surface area contributed by atoms with E-state index in [-0.39, 0.29) is 5.54 Å². The molecule has 1 aromatic carbocycles. The molecule has 0 heterocycles. The van der Waals surface area contributed by atoms with Crippen LogP contribution in [0.3, 0.4) is 0 Å². The predicted molar refractivity (Wildman–Crippen MR) is 66.7 cm³/mol. The summed E-state index contributed by atoms with van der Waals surface area (Å²) in [6.07, 6.45) is 5.86. The third kappa shape index (κ3) is 3.24. The Hall–Kier alpha value is -1.02. The highest BCUT2D eigenvalue weighted by molar-refractivity contribution is 5.27. The van der Waals surface area contributed by atoms with Gasteiger partial charge in [-0.15, -0.1) is 0 Å². The Morgan fingerprint density at radius 3 is 2.50 bits per heavy atom. The highest BCUT2D eigenvalue weighted by Gasteiger charge is 2.39. The quantitative estimate of drug-likeness (QED) is 0.798. The minimum atomic E-state index is -0.0269. The van der Waals surface area contributed by atoms with Gasteiger partial charge in [0.05, 0.1) is 5.54 Å². The van der Waals surface area contributed by atoms with Gasteiger partial charge >= 0.3 is 0 Å². The molecule has 0 saturated heterocycles. The van der Waals surface area contributed by atoms with Crippen molar-refractivity contribution in [3.05, 3.63) is 29.8 Å². The Balaban J connectivity index is 1.81. The number of nitrogens with two attached hydrogens (primary N) is 1. The molecular formula is C14H21NO. The standard InChI is InChI=1S/C14H21NO/c1-2-3-4-12-5-7-13(8-6-12)16-11-14(15)9-10-14/h5-8H,2-4,9-11,15H2,1H3. The van der Waals surface area contributed by atoms with Crippen molar-refractivity contribution in [1.29, 1.82) is 0 Å². The van der Waals surface area contributed by atoms with E-state index >= 15 is 0 Å². The van der Waals surface area contributed by atoms with Crippen LogP contribution in [-0.4, -0.2) is 12.1 Å². The maximum absolute atomic E-state index is 5.97. The summed E-state index contributed by atoms with van der Waals surface area (Å²) in [4.78, 5) is 0. The largest absolute Gasteiger partial charge is 0.492 e. The third-order valence-electron chi connectivity index (χ3n) is 3.16. The van der Waals surface area contributed by atoms with Crippen LogP contribution in [0.2, 0.25) is 0 Å². The van der Waals surface area contributed by atoms with Crippen molar-refractivity contribution in [3.8, 4) is 5.75 Å². The van der Waals surface area contributed by atoms with Crippen LogP contribution in [0.25, 0.3) is 0 Å². The number of rotatable bonds is 6. The Morgan fingerprint density at radius 1 is 1.25 bits per heavy atom. The second kappa shape index (κ2) is 4.88. The summed E-state index contributed by atoms with van der Waals surface area (Å²) in [7, 11) is 0. The highest BCUT2D eigenvalue weighted by Crippen LogP contribution is 2.32. The Morgan fingerprint density at radius 2 is 1.94 bits per heavy atom. The summed E-state index contributed by atoms with van der Waals surface area (Å²) in [6, 6.07) is 8.41. The van der Waals surface area contributed by atoms with Gasteiger partial charge in [-0.25, -0.2) is 0 Å². The summed E-state index contributed by atoms with van der Waals surface area (Å²) < 4.78 is 5.67. The lowest BCUT2D eigenvalue weighted by atomic mass is 10.1. The van der Waals surface area contributed by atoms with Crippen LogP contribution in [0.4, 0.5) is 0 Å². The Kier molecular flexibility index (Phi) is 3.49. The number of hydrogen-bond acceptors (Lipinski definition) is 2. The fraction of sp³-hybridized carbons (Fsp3) is 0.571. The maximum Gasteiger partial charge on any atom is 0.119 e. The van der Waals surface area contributed by atoms with Crippen LogP contribution in [0.5, 0.6) is 5.75 Å². The fourth-order valence-corrected chi connectivity index (χ4v) is 1.67. The summed E-state index contributed by atoms with van der Waals surface area (Å²) in [5.74, 6) is 0.942. The maximum atomic E-state index is 5.97. The topological polar surface area (TPSA) is 35.2 Å². The van der Waals surface area contributed by atoms with Crippen molar-refractivity contribution in [2.24, 2.45) is 5.73 Å². The molecule has 1 aliphatic rings. The van der Waals surface area contributed by atoms with Gasteiger partial charge in [0.2, 0.25) is 0 Å². The lowest BCUT2D eigenvalue weighted by molar-refractivity contribution is 0.279. The van der Waals surface area contributed by atoms with Gasteiger partial charge < -0.3 is 10.5 Å². The molecule has 16 heavy (non-hydrogen) atoms. The van der Waals surface area contributed by atoms with E-state index in [1.807, 2.05) is 0 Å². The van der Waals surface area contributed by atoms with Gasteiger partial charge in [-0.2, -0.15) is 0 Å². The van der Waals surface area contributed by atoms with Gasteiger partial charge in [-0.3, -0.25) is 0 Å². The molecule has 0 spiro atoms. The second-order valence-corrected chi connectivity index (χ2v) is 4.90. The molecule has 1 aliphatic carbocycles. The average Bonchev–Trinajstić information content (AvgIpc) is 3.04. The minimum Gasteiger partial charge on any atom is -0.492 e. The molecule has 1 saturated carbocycles. The number of hydrogen-bond donors (Lipinski definition) is 1. The number of aryl methyl sites for hydroxylation is 1. The smallest absolute Gasteiger partial charge is 0.119 e. The first-order chi connectivity index (χ1) is 7.72.